The van der Waals surface area contributed by atoms with Crippen LogP contribution in [0.15, 0.2) is 24.4 Å². The Kier molecular flexibility index (Phi) is 4.09. The van der Waals surface area contributed by atoms with Crippen LogP contribution in [0.5, 0.6) is 11.5 Å². The number of nitriles is 1. The number of aromatic nitrogens is 2. The van der Waals surface area contributed by atoms with Crippen LogP contribution in [0.3, 0.4) is 0 Å². The smallest absolute Gasteiger partial charge is 0.257 e. The molecule has 7 nitrogen and oxygen atoms in total. The van der Waals surface area contributed by atoms with Crippen LogP contribution in [0.4, 0.5) is 5.82 Å². The van der Waals surface area contributed by atoms with Gasteiger partial charge in [-0.05, 0) is 18.2 Å². The van der Waals surface area contributed by atoms with E-state index < -0.39 is 0 Å². The number of rotatable bonds is 4. The van der Waals surface area contributed by atoms with Crippen molar-refractivity contribution >= 4 is 11.7 Å². The Morgan fingerprint density at radius 2 is 2.05 bits per heavy atom. The van der Waals surface area contributed by atoms with E-state index in [2.05, 4.69) is 10.4 Å². The number of hydrogen-bond acceptors (Lipinski definition) is 5. The van der Waals surface area contributed by atoms with Crippen molar-refractivity contribution in [3.05, 3.63) is 35.5 Å². The lowest BCUT2D eigenvalue weighted by atomic mass is 10.2. The minimum Gasteiger partial charge on any atom is -0.493 e. The molecular formula is C14H14N4O3. The summed E-state index contributed by atoms with van der Waals surface area (Å²) in [5, 5.41) is 15.6. The fourth-order valence-corrected chi connectivity index (χ4v) is 1.82. The summed E-state index contributed by atoms with van der Waals surface area (Å²) in [7, 11) is 4.68. The van der Waals surface area contributed by atoms with Crippen molar-refractivity contribution in [2.45, 2.75) is 0 Å². The van der Waals surface area contributed by atoms with Gasteiger partial charge in [0.1, 0.15) is 11.6 Å². The van der Waals surface area contributed by atoms with Crippen molar-refractivity contribution in [3.8, 4) is 17.6 Å². The first kappa shape index (κ1) is 14.4. The highest BCUT2D eigenvalue weighted by molar-refractivity contribution is 6.04. The predicted molar refractivity (Wildman–Crippen MR) is 75.4 cm³/mol. The number of anilines is 1. The van der Waals surface area contributed by atoms with E-state index in [1.807, 2.05) is 6.07 Å². The topological polar surface area (TPSA) is 89.2 Å². The number of amides is 1. The van der Waals surface area contributed by atoms with E-state index in [0.717, 1.165) is 0 Å². The first-order valence-corrected chi connectivity index (χ1v) is 6.06. The van der Waals surface area contributed by atoms with Crippen LogP contribution in [-0.4, -0.2) is 29.9 Å². The molecule has 7 heteroatoms. The summed E-state index contributed by atoms with van der Waals surface area (Å²) < 4.78 is 11.7. The van der Waals surface area contributed by atoms with Gasteiger partial charge in [0.2, 0.25) is 0 Å². The van der Waals surface area contributed by atoms with Crippen molar-refractivity contribution in [1.29, 1.82) is 5.26 Å². The standard InChI is InChI=1S/C14H14N4O3/c1-18-8-10(7-15)13(17-18)16-14(19)9-4-5-11(20-2)12(6-9)21-3/h4-6,8H,1-3H3,(H,16,17,19). The Hall–Kier alpha value is -3.01. The molecule has 0 fully saturated rings. The number of nitrogens with zero attached hydrogens (tertiary/aromatic N) is 3. The van der Waals surface area contributed by atoms with Crippen molar-refractivity contribution in [2.75, 3.05) is 19.5 Å². The molecule has 1 aromatic carbocycles. The second-order valence-corrected chi connectivity index (χ2v) is 4.20. The molecule has 21 heavy (non-hydrogen) atoms. The predicted octanol–water partition coefficient (Wildman–Crippen LogP) is 1.56. The Morgan fingerprint density at radius 1 is 1.33 bits per heavy atom. The van der Waals surface area contributed by atoms with Gasteiger partial charge in [0.25, 0.3) is 5.91 Å². The largest absolute Gasteiger partial charge is 0.493 e. The van der Waals surface area contributed by atoms with E-state index >= 15 is 0 Å². The molecule has 0 aliphatic heterocycles. The van der Waals surface area contributed by atoms with Crippen molar-refractivity contribution in [1.82, 2.24) is 9.78 Å². The maximum absolute atomic E-state index is 12.2. The number of carbonyl (C=O) groups excluding carboxylic acids is 1. The number of carbonyl (C=O) groups is 1. The van der Waals surface area contributed by atoms with E-state index in [1.165, 1.54) is 25.1 Å². The quantitative estimate of drug-likeness (QED) is 0.921. The van der Waals surface area contributed by atoms with Gasteiger partial charge in [0.05, 0.1) is 14.2 Å². The number of hydrogen-bond donors (Lipinski definition) is 1. The number of ether oxygens (including phenoxy) is 2. The molecule has 0 radical (unpaired) electrons. The number of benzene rings is 1. The molecule has 1 aromatic heterocycles. The summed E-state index contributed by atoms with van der Waals surface area (Å²) in [6.45, 7) is 0. The minimum absolute atomic E-state index is 0.222. The van der Waals surface area contributed by atoms with Crippen LogP contribution in [0, 0.1) is 11.3 Å². The maximum atomic E-state index is 12.2. The normalized spacial score (nSPS) is 9.81. The Morgan fingerprint density at radius 3 is 2.67 bits per heavy atom. The first-order valence-electron chi connectivity index (χ1n) is 6.06. The second-order valence-electron chi connectivity index (χ2n) is 4.20. The van der Waals surface area contributed by atoms with Gasteiger partial charge in [-0.1, -0.05) is 0 Å². The summed E-state index contributed by atoms with van der Waals surface area (Å²) in [6, 6.07) is 6.77. The van der Waals surface area contributed by atoms with Crippen LogP contribution in [0.1, 0.15) is 15.9 Å². The summed E-state index contributed by atoms with van der Waals surface area (Å²) in [5.74, 6) is 0.821. The van der Waals surface area contributed by atoms with Gasteiger partial charge >= 0.3 is 0 Å². The fourth-order valence-electron chi connectivity index (χ4n) is 1.82. The van der Waals surface area contributed by atoms with Gasteiger partial charge in [-0.3, -0.25) is 9.48 Å². The third-order valence-corrected chi connectivity index (χ3v) is 2.83. The SMILES string of the molecule is COc1ccc(C(=O)Nc2nn(C)cc2C#N)cc1OC. The number of aryl methyl sites for hydroxylation is 1. The lowest BCUT2D eigenvalue weighted by molar-refractivity contribution is 0.102. The molecule has 0 saturated carbocycles. The monoisotopic (exact) mass is 286 g/mol. The highest BCUT2D eigenvalue weighted by Crippen LogP contribution is 2.27. The van der Waals surface area contributed by atoms with Crippen LogP contribution in [-0.2, 0) is 7.05 Å². The van der Waals surface area contributed by atoms with Crippen molar-refractivity contribution < 1.29 is 14.3 Å². The zero-order chi connectivity index (χ0) is 15.4. The fraction of sp³-hybridized carbons (Fsp3) is 0.214. The van der Waals surface area contributed by atoms with E-state index in [0.29, 0.717) is 22.6 Å². The van der Waals surface area contributed by atoms with Crippen LogP contribution >= 0.6 is 0 Å². The zero-order valence-corrected chi connectivity index (χ0v) is 11.9. The third kappa shape index (κ3) is 2.95. The van der Waals surface area contributed by atoms with Gasteiger partial charge in [0.15, 0.2) is 17.3 Å². The lowest BCUT2D eigenvalue weighted by Crippen LogP contribution is -2.13. The molecule has 0 saturated heterocycles. The molecule has 108 valence electrons. The summed E-state index contributed by atoms with van der Waals surface area (Å²) in [4.78, 5) is 12.2. The molecule has 0 spiro atoms. The van der Waals surface area contributed by atoms with E-state index in [-0.39, 0.29) is 11.7 Å². The van der Waals surface area contributed by atoms with E-state index in [4.69, 9.17) is 14.7 Å². The summed E-state index contributed by atoms with van der Waals surface area (Å²) >= 11 is 0. The third-order valence-electron chi connectivity index (χ3n) is 2.83. The van der Waals surface area contributed by atoms with Crippen molar-refractivity contribution in [2.24, 2.45) is 7.05 Å². The van der Waals surface area contributed by atoms with Gasteiger partial charge in [-0.25, -0.2) is 0 Å². The summed E-state index contributed by atoms with van der Waals surface area (Å²) in [5.41, 5.74) is 0.675. The highest BCUT2D eigenvalue weighted by Gasteiger charge is 2.14. The first-order chi connectivity index (χ1) is 10.1. The van der Waals surface area contributed by atoms with Crippen LogP contribution in [0.2, 0.25) is 0 Å². The summed E-state index contributed by atoms with van der Waals surface area (Å²) in [6.07, 6.45) is 1.53. The molecule has 1 N–H and O–H groups in total. The molecule has 1 heterocycles. The maximum Gasteiger partial charge on any atom is 0.257 e. The molecule has 2 rings (SSSR count). The highest BCUT2D eigenvalue weighted by atomic mass is 16.5. The average Bonchev–Trinajstić information content (AvgIpc) is 2.86. The van der Waals surface area contributed by atoms with E-state index in [9.17, 15) is 4.79 Å². The van der Waals surface area contributed by atoms with Crippen molar-refractivity contribution in [3.63, 3.8) is 0 Å². The molecule has 0 unspecified atom stereocenters. The molecule has 0 aliphatic carbocycles. The second kappa shape index (κ2) is 5.96. The van der Waals surface area contributed by atoms with Gasteiger partial charge in [-0.2, -0.15) is 10.4 Å². The Labute approximate surface area is 121 Å². The average molecular weight is 286 g/mol. The zero-order valence-electron chi connectivity index (χ0n) is 11.9. The van der Waals surface area contributed by atoms with Gasteiger partial charge < -0.3 is 14.8 Å². The molecule has 0 atom stereocenters. The Bertz CT molecular complexity index is 715. The lowest BCUT2D eigenvalue weighted by Gasteiger charge is -2.09. The number of methoxy groups -OCH3 is 2. The van der Waals surface area contributed by atoms with Crippen LogP contribution in [0.25, 0.3) is 0 Å². The minimum atomic E-state index is -0.383. The molecule has 0 aliphatic rings. The van der Waals surface area contributed by atoms with Crippen LogP contribution < -0.4 is 14.8 Å². The number of nitrogens with one attached hydrogen (secondary N) is 1. The molecule has 2 aromatic rings. The van der Waals surface area contributed by atoms with Gasteiger partial charge in [-0.15, -0.1) is 0 Å². The molecule has 1 amide bonds. The van der Waals surface area contributed by atoms with Gasteiger partial charge in [0, 0.05) is 18.8 Å². The van der Waals surface area contributed by atoms with E-state index in [1.54, 1.807) is 25.2 Å². The molecule has 0 bridgehead atoms. The Balaban J connectivity index is 2.26. The molecular weight excluding hydrogens is 272 g/mol.